The van der Waals surface area contributed by atoms with E-state index in [9.17, 15) is 0 Å². The van der Waals surface area contributed by atoms with Crippen LogP contribution in [0.2, 0.25) is 0 Å². The Bertz CT molecular complexity index is 588. The molecule has 0 bridgehead atoms. The van der Waals surface area contributed by atoms with Gasteiger partial charge in [-0.25, -0.2) is 0 Å². The fourth-order valence-corrected chi connectivity index (χ4v) is 3.69. The SMILES string of the molecule is COc1ccccc1C(c1ccccc1OC)C1CCCNC1. The van der Waals surface area contributed by atoms with Gasteiger partial charge in [0, 0.05) is 17.0 Å². The van der Waals surface area contributed by atoms with Crippen molar-refractivity contribution in [1.82, 2.24) is 5.32 Å². The first-order chi connectivity index (χ1) is 11.3. The van der Waals surface area contributed by atoms with Gasteiger partial charge >= 0.3 is 0 Å². The standard InChI is InChI=1S/C20H25NO2/c1-22-18-11-5-3-9-16(18)20(15-8-7-13-21-14-15)17-10-4-6-12-19(17)23-2/h3-6,9-12,15,20-21H,7-8,13-14H2,1-2H3. The predicted molar refractivity (Wildman–Crippen MR) is 93.4 cm³/mol. The van der Waals surface area contributed by atoms with E-state index in [1.807, 2.05) is 24.3 Å². The molecule has 0 aliphatic carbocycles. The first-order valence-electron chi connectivity index (χ1n) is 8.31. The Morgan fingerprint density at radius 3 is 1.96 bits per heavy atom. The Labute approximate surface area is 138 Å². The lowest BCUT2D eigenvalue weighted by Crippen LogP contribution is -2.34. The van der Waals surface area contributed by atoms with Gasteiger partial charge in [0.05, 0.1) is 14.2 Å². The van der Waals surface area contributed by atoms with E-state index in [2.05, 4.69) is 29.6 Å². The smallest absolute Gasteiger partial charge is 0.122 e. The summed E-state index contributed by atoms with van der Waals surface area (Å²) in [5.74, 6) is 2.72. The Morgan fingerprint density at radius 2 is 1.48 bits per heavy atom. The molecule has 23 heavy (non-hydrogen) atoms. The van der Waals surface area contributed by atoms with E-state index < -0.39 is 0 Å². The maximum atomic E-state index is 5.65. The van der Waals surface area contributed by atoms with E-state index in [1.54, 1.807) is 14.2 Å². The maximum Gasteiger partial charge on any atom is 0.122 e. The third-order valence-corrected chi connectivity index (χ3v) is 4.75. The summed E-state index contributed by atoms with van der Waals surface area (Å²) in [6, 6.07) is 16.7. The zero-order chi connectivity index (χ0) is 16.1. The molecule has 0 saturated carbocycles. The molecule has 1 unspecified atom stereocenters. The van der Waals surface area contributed by atoms with Gasteiger partial charge in [-0.05, 0) is 44.0 Å². The van der Waals surface area contributed by atoms with Gasteiger partial charge in [-0.15, -0.1) is 0 Å². The average molecular weight is 311 g/mol. The van der Waals surface area contributed by atoms with E-state index in [1.165, 1.54) is 24.0 Å². The van der Waals surface area contributed by atoms with Crippen molar-refractivity contribution in [2.45, 2.75) is 18.8 Å². The number of ether oxygens (including phenoxy) is 2. The van der Waals surface area contributed by atoms with Crippen molar-refractivity contribution in [3.05, 3.63) is 59.7 Å². The van der Waals surface area contributed by atoms with Crippen molar-refractivity contribution < 1.29 is 9.47 Å². The van der Waals surface area contributed by atoms with E-state index in [4.69, 9.17) is 9.47 Å². The molecule has 0 radical (unpaired) electrons. The molecule has 1 heterocycles. The number of hydrogen-bond donors (Lipinski definition) is 1. The van der Waals surface area contributed by atoms with Crippen molar-refractivity contribution in [1.29, 1.82) is 0 Å². The molecule has 1 aliphatic heterocycles. The van der Waals surface area contributed by atoms with Gasteiger partial charge in [0.25, 0.3) is 0 Å². The molecular formula is C20H25NO2. The van der Waals surface area contributed by atoms with E-state index in [0.29, 0.717) is 5.92 Å². The topological polar surface area (TPSA) is 30.5 Å². The van der Waals surface area contributed by atoms with Crippen molar-refractivity contribution in [3.63, 3.8) is 0 Å². The van der Waals surface area contributed by atoms with Crippen LogP contribution in [0.4, 0.5) is 0 Å². The first kappa shape index (κ1) is 15.9. The molecule has 3 heteroatoms. The van der Waals surface area contributed by atoms with Gasteiger partial charge in [0.15, 0.2) is 0 Å². The van der Waals surface area contributed by atoms with Gasteiger partial charge in [-0.2, -0.15) is 0 Å². The summed E-state index contributed by atoms with van der Waals surface area (Å²) in [5, 5.41) is 3.55. The van der Waals surface area contributed by atoms with Crippen LogP contribution in [-0.4, -0.2) is 27.3 Å². The van der Waals surface area contributed by atoms with Gasteiger partial charge in [0.1, 0.15) is 11.5 Å². The number of hydrogen-bond acceptors (Lipinski definition) is 3. The van der Waals surface area contributed by atoms with Crippen LogP contribution >= 0.6 is 0 Å². The third kappa shape index (κ3) is 3.35. The van der Waals surface area contributed by atoms with Crippen LogP contribution in [0.3, 0.4) is 0 Å². The zero-order valence-electron chi connectivity index (χ0n) is 13.9. The van der Waals surface area contributed by atoms with Crippen molar-refractivity contribution in [2.24, 2.45) is 5.92 Å². The third-order valence-electron chi connectivity index (χ3n) is 4.75. The minimum atomic E-state index is 0.273. The molecule has 0 amide bonds. The largest absolute Gasteiger partial charge is 0.496 e. The number of piperidine rings is 1. The summed E-state index contributed by atoms with van der Waals surface area (Å²) in [5.41, 5.74) is 2.49. The van der Waals surface area contributed by atoms with Crippen molar-refractivity contribution >= 4 is 0 Å². The summed E-state index contributed by atoms with van der Waals surface area (Å²) in [7, 11) is 3.49. The number of rotatable bonds is 5. The lowest BCUT2D eigenvalue weighted by Gasteiger charge is -2.33. The summed E-state index contributed by atoms with van der Waals surface area (Å²) >= 11 is 0. The van der Waals surface area contributed by atoms with E-state index >= 15 is 0 Å². The molecule has 3 nitrogen and oxygen atoms in total. The quantitative estimate of drug-likeness (QED) is 0.910. The van der Waals surface area contributed by atoms with Crippen LogP contribution < -0.4 is 14.8 Å². The fourth-order valence-electron chi connectivity index (χ4n) is 3.69. The molecule has 122 valence electrons. The Kier molecular flexibility index (Phi) is 5.19. The van der Waals surface area contributed by atoms with Gasteiger partial charge < -0.3 is 14.8 Å². The molecule has 2 aromatic rings. The zero-order valence-corrected chi connectivity index (χ0v) is 13.9. The van der Waals surface area contributed by atoms with E-state index in [0.717, 1.165) is 24.6 Å². The molecule has 1 fully saturated rings. The molecule has 0 aromatic heterocycles. The average Bonchev–Trinajstić information content (AvgIpc) is 2.64. The summed E-state index contributed by atoms with van der Waals surface area (Å²) in [4.78, 5) is 0. The fraction of sp³-hybridized carbons (Fsp3) is 0.400. The van der Waals surface area contributed by atoms with Gasteiger partial charge in [-0.3, -0.25) is 0 Å². The highest BCUT2D eigenvalue weighted by Gasteiger charge is 2.30. The first-order valence-corrected chi connectivity index (χ1v) is 8.31. The minimum absolute atomic E-state index is 0.273. The molecule has 1 atom stereocenters. The van der Waals surface area contributed by atoms with Crippen LogP contribution in [-0.2, 0) is 0 Å². The van der Waals surface area contributed by atoms with Gasteiger partial charge in [0.2, 0.25) is 0 Å². The monoisotopic (exact) mass is 311 g/mol. The van der Waals surface area contributed by atoms with Gasteiger partial charge in [-0.1, -0.05) is 36.4 Å². The van der Waals surface area contributed by atoms with Crippen LogP contribution in [0, 0.1) is 5.92 Å². The molecule has 0 spiro atoms. The van der Waals surface area contributed by atoms with Crippen LogP contribution in [0.15, 0.2) is 48.5 Å². The number of benzene rings is 2. The second-order valence-corrected chi connectivity index (χ2v) is 6.07. The van der Waals surface area contributed by atoms with Crippen molar-refractivity contribution in [2.75, 3.05) is 27.3 Å². The highest BCUT2D eigenvalue weighted by Crippen LogP contribution is 2.42. The number of para-hydroxylation sites is 2. The molecular weight excluding hydrogens is 286 g/mol. The minimum Gasteiger partial charge on any atom is -0.496 e. The van der Waals surface area contributed by atoms with Crippen LogP contribution in [0.25, 0.3) is 0 Å². The molecule has 1 aliphatic rings. The van der Waals surface area contributed by atoms with Crippen molar-refractivity contribution in [3.8, 4) is 11.5 Å². The molecule has 1 saturated heterocycles. The second kappa shape index (κ2) is 7.51. The Morgan fingerprint density at radius 1 is 0.913 bits per heavy atom. The summed E-state index contributed by atoms with van der Waals surface area (Å²) in [6.45, 7) is 2.14. The second-order valence-electron chi connectivity index (χ2n) is 6.07. The molecule has 2 aromatic carbocycles. The molecule has 3 rings (SSSR count). The predicted octanol–water partition coefficient (Wildman–Crippen LogP) is 3.84. The highest BCUT2D eigenvalue weighted by atomic mass is 16.5. The molecule has 1 N–H and O–H groups in total. The summed E-state index contributed by atoms with van der Waals surface area (Å²) in [6.07, 6.45) is 2.43. The maximum absolute atomic E-state index is 5.65. The van der Waals surface area contributed by atoms with E-state index in [-0.39, 0.29) is 5.92 Å². The van der Waals surface area contributed by atoms with Crippen LogP contribution in [0.5, 0.6) is 11.5 Å². The highest BCUT2D eigenvalue weighted by molar-refractivity contribution is 5.47. The van der Waals surface area contributed by atoms with Crippen LogP contribution in [0.1, 0.15) is 29.9 Å². The summed E-state index contributed by atoms with van der Waals surface area (Å²) < 4.78 is 11.3. The lowest BCUT2D eigenvalue weighted by molar-refractivity contribution is 0.328. The Balaban J connectivity index is 2.10. The lowest BCUT2D eigenvalue weighted by atomic mass is 9.76. The number of methoxy groups -OCH3 is 2. The Hall–Kier alpha value is -2.00. The number of nitrogens with one attached hydrogen (secondary N) is 1. The normalized spacial score (nSPS) is 18.0.